The summed E-state index contributed by atoms with van der Waals surface area (Å²) in [6.07, 6.45) is -0.217. The number of aliphatic hydroxyl groups is 1. The molecule has 1 aliphatic rings. The summed E-state index contributed by atoms with van der Waals surface area (Å²) in [5.74, 6) is -0.239. The van der Waals surface area contributed by atoms with Crippen LogP contribution in [0.25, 0.3) is 0 Å². The van der Waals surface area contributed by atoms with Gasteiger partial charge < -0.3 is 14.6 Å². The van der Waals surface area contributed by atoms with Crippen LogP contribution in [-0.2, 0) is 14.3 Å². The molecule has 0 bridgehead atoms. The lowest BCUT2D eigenvalue weighted by atomic mass is 9.95. The Balaban J connectivity index is 2.13. The molecule has 1 aliphatic heterocycles. The molecule has 0 amide bonds. The average Bonchev–Trinajstić information content (AvgIpc) is 2.92. The molecule has 98 valence electrons. The zero-order chi connectivity index (χ0) is 13.0. The topological polar surface area (TPSA) is 55.8 Å². The lowest BCUT2D eigenvalue weighted by molar-refractivity contribution is -0.153. The van der Waals surface area contributed by atoms with E-state index in [9.17, 15) is 9.90 Å². The highest BCUT2D eigenvalue weighted by molar-refractivity contribution is 5.76. The number of aliphatic hydroxyl groups excluding tert-OH is 1. The van der Waals surface area contributed by atoms with Gasteiger partial charge in [-0.2, -0.15) is 0 Å². The van der Waals surface area contributed by atoms with E-state index in [1.165, 1.54) is 0 Å². The fraction of sp³-hybridized carbons (Fsp3) is 0.500. The van der Waals surface area contributed by atoms with Gasteiger partial charge >= 0.3 is 5.97 Å². The van der Waals surface area contributed by atoms with E-state index in [0.29, 0.717) is 18.1 Å². The van der Waals surface area contributed by atoms with Gasteiger partial charge in [-0.3, -0.25) is 0 Å². The SMILES string of the molecule is CCOC(=O)C(O)c1cccc(C2CCOC2)c1. The molecule has 2 unspecified atom stereocenters. The van der Waals surface area contributed by atoms with Gasteiger partial charge in [-0.25, -0.2) is 4.79 Å². The smallest absolute Gasteiger partial charge is 0.339 e. The maximum Gasteiger partial charge on any atom is 0.339 e. The second kappa shape index (κ2) is 5.98. The van der Waals surface area contributed by atoms with E-state index in [2.05, 4.69) is 0 Å². The molecule has 18 heavy (non-hydrogen) atoms. The molecule has 0 spiro atoms. The molecule has 2 atom stereocenters. The van der Waals surface area contributed by atoms with Crippen molar-refractivity contribution >= 4 is 5.97 Å². The molecule has 1 fully saturated rings. The molecule has 0 aromatic heterocycles. The third-order valence-corrected chi connectivity index (χ3v) is 3.14. The van der Waals surface area contributed by atoms with E-state index in [0.717, 1.165) is 18.6 Å². The Kier molecular flexibility index (Phi) is 4.33. The van der Waals surface area contributed by atoms with Crippen molar-refractivity contribution in [1.82, 2.24) is 0 Å². The zero-order valence-corrected chi connectivity index (χ0v) is 10.5. The number of ether oxygens (including phenoxy) is 2. The van der Waals surface area contributed by atoms with Crippen molar-refractivity contribution in [1.29, 1.82) is 0 Å². The molecular weight excluding hydrogens is 232 g/mol. The Bertz CT molecular complexity index is 410. The zero-order valence-electron chi connectivity index (χ0n) is 10.5. The molecule has 1 aromatic carbocycles. The van der Waals surface area contributed by atoms with Gasteiger partial charge in [0, 0.05) is 12.5 Å². The van der Waals surface area contributed by atoms with Crippen molar-refractivity contribution in [3.05, 3.63) is 35.4 Å². The van der Waals surface area contributed by atoms with Crippen LogP contribution in [0.3, 0.4) is 0 Å². The van der Waals surface area contributed by atoms with Crippen molar-refractivity contribution in [2.75, 3.05) is 19.8 Å². The molecule has 0 saturated carbocycles. The largest absolute Gasteiger partial charge is 0.464 e. The fourth-order valence-electron chi connectivity index (χ4n) is 2.14. The number of hydrogen-bond donors (Lipinski definition) is 1. The second-order valence-corrected chi connectivity index (χ2v) is 4.39. The average molecular weight is 250 g/mol. The number of carbonyl (C=O) groups is 1. The maximum absolute atomic E-state index is 11.5. The first-order chi connectivity index (χ1) is 8.72. The van der Waals surface area contributed by atoms with Crippen LogP contribution >= 0.6 is 0 Å². The molecule has 4 nitrogen and oxygen atoms in total. The molecule has 1 N–H and O–H groups in total. The molecule has 1 heterocycles. The monoisotopic (exact) mass is 250 g/mol. The Labute approximate surface area is 107 Å². The third-order valence-electron chi connectivity index (χ3n) is 3.14. The first-order valence-corrected chi connectivity index (χ1v) is 6.24. The van der Waals surface area contributed by atoms with Crippen LogP contribution in [-0.4, -0.2) is 30.9 Å². The number of rotatable bonds is 4. The van der Waals surface area contributed by atoms with Crippen LogP contribution in [0, 0.1) is 0 Å². The normalized spacial score (nSPS) is 20.7. The summed E-state index contributed by atoms with van der Waals surface area (Å²) in [7, 11) is 0. The highest BCUT2D eigenvalue weighted by atomic mass is 16.5. The van der Waals surface area contributed by atoms with Gasteiger partial charge in [0.1, 0.15) is 0 Å². The number of hydrogen-bond acceptors (Lipinski definition) is 4. The fourth-order valence-corrected chi connectivity index (χ4v) is 2.14. The third kappa shape index (κ3) is 2.89. The van der Waals surface area contributed by atoms with Gasteiger partial charge in [0.05, 0.1) is 13.2 Å². The van der Waals surface area contributed by atoms with Gasteiger partial charge in [0.15, 0.2) is 6.10 Å². The minimum Gasteiger partial charge on any atom is -0.464 e. The summed E-state index contributed by atoms with van der Waals surface area (Å²) in [6, 6.07) is 7.45. The minimum atomic E-state index is -1.20. The number of benzene rings is 1. The summed E-state index contributed by atoms with van der Waals surface area (Å²) < 4.78 is 10.2. The van der Waals surface area contributed by atoms with E-state index >= 15 is 0 Å². The molecule has 1 aromatic rings. The first kappa shape index (κ1) is 13.1. The lowest BCUT2D eigenvalue weighted by Gasteiger charge is -2.13. The molecule has 1 saturated heterocycles. The first-order valence-electron chi connectivity index (χ1n) is 6.24. The van der Waals surface area contributed by atoms with Gasteiger partial charge in [-0.1, -0.05) is 24.3 Å². The summed E-state index contributed by atoms with van der Waals surface area (Å²) in [4.78, 5) is 11.5. The van der Waals surface area contributed by atoms with Crippen molar-refractivity contribution in [2.24, 2.45) is 0 Å². The van der Waals surface area contributed by atoms with Crippen LogP contribution in [0.4, 0.5) is 0 Å². The lowest BCUT2D eigenvalue weighted by Crippen LogP contribution is -2.15. The molecule has 0 aliphatic carbocycles. The van der Waals surface area contributed by atoms with E-state index in [-0.39, 0.29) is 6.61 Å². The Morgan fingerprint density at radius 3 is 3.11 bits per heavy atom. The van der Waals surface area contributed by atoms with Crippen LogP contribution in [0.2, 0.25) is 0 Å². The minimum absolute atomic E-state index is 0.270. The van der Waals surface area contributed by atoms with Crippen LogP contribution < -0.4 is 0 Å². The molecule has 2 rings (SSSR count). The quantitative estimate of drug-likeness (QED) is 0.828. The van der Waals surface area contributed by atoms with Crippen molar-refractivity contribution in [3.8, 4) is 0 Å². The van der Waals surface area contributed by atoms with E-state index in [4.69, 9.17) is 9.47 Å². The van der Waals surface area contributed by atoms with E-state index in [1.807, 2.05) is 18.2 Å². The molecular formula is C14H18O4. The summed E-state index contributed by atoms with van der Waals surface area (Å²) in [6.45, 7) is 3.47. The predicted octanol–water partition coefficient (Wildman–Crippen LogP) is 1.79. The van der Waals surface area contributed by atoms with Crippen LogP contribution in [0.1, 0.15) is 36.5 Å². The van der Waals surface area contributed by atoms with E-state index in [1.54, 1.807) is 13.0 Å². The Morgan fingerprint density at radius 2 is 2.44 bits per heavy atom. The molecule has 4 heteroatoms. The maximum atomic E-state index is 11.5. The standard InChI is InChI=1S/C14H18O4/c1-2-18-14(16)13(15)11-5-3-4-10(8-11)12-6-7-17-9-12/h3-5,8,12-13,15H,2,6-7,9H2,1H3. The van der Waals surface area contributed by atoms with Crippen LogP contribution in [0.5, 0.6) is 0 Å². The Morgan fingerprint density at radius 1 is 1.61 bits per heavy atom. The number of carbonyl (C=O) groups excluding carboxylic acids is 1. The van der Waals surface area contributed by atoms with Crippen molar-refractivity contribution < 1.29 is 19.4 Å². The number of esters is 1. The van der Waals surface area contributed by atoms with Gasteiger partial charge in [-0.05, 0) is 24.5 Å². The summed E-state index contributed by atoms with van der Waals surface area (Å²) >= 11 is 0. The second-order valence-electron chi connectivity index (χ2n) is 4.39. The van der Waals surface area contributed by atoms with Crippen molar-refractivity contribution in [2.45, 2.75) is 25.4 Å². The summed E-state index contributed by atoms with van der Waals surface area (Å²) in [5, 5.41) is 9.88. The highest BCUT2D eigenvalue weighted by Gasteiger charge is 2.22. The highest BCUT2D eigenvalue weighted by Crippen LogP contribution is 2.27. The van der Waals surface area contributed by atoms with Gasteiger partial charge in [0.25, 0.3) is 0 Å². The van der Waals surface area contributed by atoms with E-state index < -0.39 is 12.1 Å². The van der Waals surface area contributed by atoms with Crippen molar-refractivity contribution in [3.63, 3.8) is 0 Å². The van der Waals surface area contributed by atoms with Gasteiger partial charge in [0.2, 0.25) is 0 Å². The Hall–Kier alpha value is -1.39. The van der Waals surface area contributed by atoms with Gasteiger partial charge in [-0.15, -0.1) is 0 Å². The molecule has 0 radical (unpaired) electrons. The van der Waals surface area contributed by atoms with Crippen LogP contribution in [0.15, 0.2) is 24.3 Å². The summed E-state index contributed by atoms with van der Waals surface area (Å²) in [5.41, 5.74) is 1.69. The predicted molar refractivity (Wildman–Crippen MR) is 66.2 cm³/mol.